The fourth-order valence-electron chi connectivity index (χ4n) is 0.584. The first-order valence-corrected chi connectivity index (χ1v) is 3.10. The molecule has 2 N–H and O–H groups in total. The molecule has 54 valence electrons. The summed E-state index contributed by atoms with van der Waals surface area (Å²) in [6.45, 7) is 9.14. The first-order valence-electron chi connectivity index (χ1n) is 3.10. The van der Waals surface area contributed by atoms with E-state index in [1.54, 1.807) is 18.4 Å². The van der Waals surface area contributed by atoms with Gasteiger partial charge in [0.25, 0.3) is 0 Å². The van der Waals surface area contributed by atoms with Crippen LogP contribution in [0.5, 0.6) is 0 Å². The molecule has 0 aliphatic heterocycles. The highest BCUT2D eigenvalue weighted by Gasteiger charge is 1.89. The molecule has 0 aliphatic carbocycles. The van der Waals surface area contributed by atoms with Crippen LogP contribution in [-0.4, -0.2) is 0 Å². The molecule has 0 amide bonds. The fraction of sp³-hybridized carbons (Fsp3) is 0.111. The van der Waals surface area contributed by atoms with Crippen LogP contribution in [0.15, 0.2) is 48.7 Å². The lowest BCUT2D eigenvalue weighted by atomic mass is 10.1. The number of hydrogen-bond acceptors (Lipinski definition) is 1. The second kappa shape index (κ2) is 4.62. The van der Waals surface area contributed by atoms with Gasteiger partial charge in [-0.3, -0.25) is 0 Å². The van der Waals surface area contributed by atoms with Crippen LogP contribution in [0, 0.1) is 0 Å². The van der Waals surface area contributed by atoms with Crippen molar-refractivity contribution in [2.24, 2.45) is 5.73 Å². The summed E-state index contributed by atoms with van der Waals surface area (Å²) < 4.78 is 0. The van der Waals surface area contributed by atoms with Crippen molar-refractivity contribution in [2.75, 3.05) is 0 Å². The van der Waals surface area contributed by atoms with Crippen molar-refractivity contribution >= 4 is 0 Å². The van der Waals surface area contributed by atoms with Crippen molar-refractivity contribution in [1.82, 2.24) is 0 Å². The summed E-state index contributed by atoms with van der Waals surface area (Å²) in [5.74, 6) is 0. The summed E-state index contributed by atoms with van der Waals surface area (Å²) in [5.41, 5.74) is 7.31. The molecule has 0 bridgehead atoms. The van der Waals surface area contributed by atoms with Crippen molar-refractivity contribution in [3.05, 3.63) is 48.7 Å². The van der Waals surface area contributed by atoms with Crippen molar-refractivity contribution in [2.45, 2.75) is 6.92 Å². The van der Waals surface area contributed by atoms with E-state index in [0.29, 0.717) is 0 Å². The molecule has 0 unspecified atom stereocenters. The Morgan fingerprint density at radius 2 is 2.00 bits per heavy atom. The van der Waals surface area contributed by atoms with Crippen molar-refractivity contribution in [1.29, 1.82) is 0 Å². The molecule has 0 aromatic heterocycles. The smallest absolute Gasteiger partial charge is 0.00265 e. The zero-order chi connectivity index (χ0) is 7.98. The number of rotatable bonds is 3. The highest BCUT2D eigenvalue weighted by Crippen LogP contribution is 2.07. The molecule has 0 fully saturated rings. The SMILES string of the molecule is C=C/C=C(C=C)/C(C)=C/N. The van der Waals surface area contributed by atoms with Gasteiger partial charge in [-0.2, -0.15) is 0 Å². The van der Waals surface area contributed by atoms with E-state index in [-0.39, 0.29) is 0 Å². The summed E-state index contributed by atoms with van der Waals surface area (Å²) >= 11 is 0. The normalized spacial score (nSPS) is 12.9. The molecular weight excluding hydrogens is 122 g/mol. The quantitative estimate of drug-likeness (QED) is 0.589. The first kappa shape index (κ1) is 8.76. The lowest BCUT2D eigenvalue weighted by molar-refractivity contribution is 1.37. The van der Waals surface area contributed by atoms with Gasteiger partial charge in [0.2, 0.25) is 0 Å². The second-order valence-corrected chi connectivity index (χ2v) is 1.91. The minimum absolute atomic E-state index is 1.01. The van der Waals surface area contributed by atoms with Gasteiger partial charge in [-0.1, -0.05) is 31.4 Å². The third kappa shape index (κ3) is 2.35. The van der Waals surface area contributed by atoms with Gasteiger partial charge in [0.15, 0.2) is 0 Å². The van der Waals surface area contributed by atoms with Crippen LogP contribution >= 0.6 is 0 Å². The van der Waals surface area contributed by atoms with E-state index in [1.165, 1.54) is 0 Å². The topological polar surface area (TPSA) is 26.0 Å². The summed E-state index contributed by atoms with van der Waals surface area (Å²) in [5, 5.41) is 0. The lowest BCUT2D eigenvalue weighted by Crippen LogP contribution is -1.86. The molecule has 0 rings (SSSR count). The highest BCUT2D eigenvalue weighted by molar-refractivity contribution is 5.38. The molecule has 0 saturated heterocycles. The Hall–Kier alpha value is -1.24. The van der Waals surface area contributed by atoms with E-state index in [0.717, 1.165) is 11.1 Å². The lowest BCUT2D eigenvalue weighted by Gasteiger charge is -1.97. The number of hydrogen-bond donors (Lipinski definition) is 1. The van der Waals surface area contributed by atoms with Gasteiger partial charge in [-0.15, -0.1) is 0 Å². The van der Waals surface area contributed by atoms with E-state index in [9.17, 15) is 0 Å². The van der Waals surface area contributed by atoms with E-state index in [1.807, 2.05) is 13.0 Å². The van der Waals surface area contributed by atoms with E-state index in [2.05, 4.69) is 13.2 Å². The van der Waals surface area contributed by atoms with E-state index >= 15 is 0 Å². The molecule has 1 heteroatoms. The van der Waals surface area contributed by atoms with Crippen molar-refractivity contribution in [3.8, 4) is 0 Å². The summed E-state index contributed by atoms with van der Waals surface area (Å²) in [4.78, 5) is 0. The predicted octanol–water partition coefficient (Wildman–Crippen LogP) is 2.15. The molecule has 0 saturated carbocycles. The summed E-state index contributed by atoms with van der Waals surface area (Å²) in [6, 6.07) is 0. The predicted molar refractivity (Wildman–Crippen MR) is 46.4 cm³/mol. The standard InChI is InChI=1S/C9H13N/c1-4-6-9(5-2)8(3)7-10/h4-7H,1-2,10H2,3H3/b8-7+,9-6+. The molecule has 0 heterocycles. The van der Waals surface area contributed by atoms with Gasteiger partial charge >= 0.3 is 0 Å². The minimum Gasteiger partial charge on any atom is -0.404 e. The average Bonchev–Trinajstić information content (AvgIpc) is 1.99. The molecule has 0 aliphatic rings. The Labute approximate surface area is 62.2 Å². The maximum atomic E-state index is 5.29. The molecule has 0 atom stereocenters. The van der Waals surface area contributed by atoms with Gasteiger partial charge in [-0.05, 0) is 24.3 Å². The maximum absolute atomic E-state index is 5.29. The van der Waals surface area contributed by atoms with Crippen molar-refractivity contribution < 1.29 is 0 Å². The van der Waals surface area contributed by atoms with E-state index < -0.39 is 0 Å². The molecule has 0 aromatic carbocycles. The van der Waals surface area contributed by atoms with Crippen LogP contribution in [0.2, 0.25) is 0 Å². The molecule has 0 aromatic rings. The summed E-state index contributed by atoms with van der Waals surface area (Å²) in [7, 11) is 0. The largest absolute Gasteiger partial charge is 0.404 e. The third-order valence-corrected chi connectivity index (χ3v) is 1.22. The highest BCUT2D eigenvalue weighted by atomic mass is 14.5. The number of nitrogens with two attached hydrogens (primary N) is 1. The second-order valence-electron chi connectivity index (χ2n) is 1.91. The Morgan fingerprint density at radius 1 is 1.40 bits per heavy atom. The number of allylic oxidation sites excluding steroid dienone is 5. The van der Waals surface area contributed by atoms with Crippen LogP contribution in [-0.2, 0) is 0 Å². The minimum atomic E-state index is 1.01. The third-order valence-electron chi connectivity index (χ3n) is 1.22. The molecule has 1 nitrogen and oxygen atoms in total. The Morgan fingerprint density at radius 3 is 2.30 bits per heavy atom. The van der Waals surface area contributed by atoms with E-state index in [4.69, 9.17) is 5.73 Å². The van der Waals surface area contributed by atoms with Gasteiger partial charge in [0, 0.05) is 0 Å². The van der Waals surface area contributed by atoms with Crippen LogP contribution in [0.25, 0.3) is 0 Å². The zero-order valence-corrected chi connectivity index (χ0v) is 6.30. The Bertz CT molecular complexity index is 185. The Kier molecular flexibility index (Phi) is 4.05. The zero-order valence-electron chi connectivity index (χ0n) is 6.30. The fourth-order valence-corrected chi connectivity index (χ4v) is 0.584. The van der Waals surface area contributed by atoms with Gasteiger partial charge in [0.1, 0.15) is 0 Å². The monoisotopic (exact) mass is 135 g/mol. The summed E-state index contributed by atoms with van der Waals surface area (Å²) in [6.07, 6.45) is 6.88. The molecule has 0 spiro atoms. The van der Waals surface area contributed by atoms with Crippen LogP contribution in [0.4, 0.5) is 0 Å². The van der Waals surface area contributed by atoms with Crippen LogP contribution < -0.4 is 5.73 Å². The van der Waals surface area contributed by atoms with Crippen molar-refractivity contribution in [3.63, 3.8) is 0 Å². The average molecular weight is 135 g/mol. The van der Waals surface area contributed by atoms with Gasteiger partial charge in [0.05, 0.1) is 0 Å². The van der Waals surface area contributed by atoms with Gasteiger partial charge in [-0.25, -0.2) is 0 Å². The molecule has 0 radical (unpaired) electrons. The first-order chi connectivity index (χ1) is 4.76. The van der Waals surface area contributed by atoms with Crippen LogP contribution in [0.3, 0.4) is 0 Å². The maximum Gasteiger partial charge on any atom is -0.00265 e. The Balaban J connectivity index is 4.51. The van der Waals surface area contributed by atoms with Crippen LogP contribution in [0.1, 0.15) is 6.92 Å². The van der Waals surface area contributed by atoms with Gasteiger partial charge < -0.3 is 5.73 Å². The molecule has 10 heavy (non-hydrogen) atoms. The molecular formula is C9H13N.